The van der Waals surface area contributed by atoms with Gasteiger partial charge in [-0.15, -0.1) is 0 Å². The molecule has 4 heteroatoms. The predicted molar refractivity (Wildman–Crippen MR) is 82.9 cm³/mol. The van der Waals surface area contributed by atoms with Crippen molar-refractivity contribution in [3.8, 4) is 0 Å². The Bertz CT molecular complexity index is 425. The Morgan fingerprint density at radius 2 is 1.80 bits per heavy atom. The van der Waals surface area contributed by atoms with Gasteiger partial charge in [-0.05, 0) is 37.5 Å². The summed E-state index contributed by atoms with van der Waals surface area (Å²) in [6.07, 6.45) is 4.77. The van der Waals surface area contributed by atoms with Crippen LogP contribution in [-0.4, -0.2) is 30.4 Å². The highest BCUT2D eigenvalue weighted by atomic mass is 35.5. The molecule has 1 N–H and O–H groups in total. The standard InChI is InChI=1S/C16H23ClN2O/c1-13(14-6-8-15(17)9-7-14)18-12-16(20)19-10-4-2-3-5-11-19/h6-9,13,18H,2-5,10-12H2,1H3. The van der Waals surface area contributed by atoms with E-state index in [1.165, 1.54) is 12.8 Å². The lowest BCUT2D eigenvalue weighted by molar-refractivity contribution is -0.130. The van der Waals surface area contributed by atoms with Crippen LogP contribution in [0.3, 0.4) is 0 Å². The minimum Gasteiger partial charge on any atom is -0.342 e. The van der Waals surface area contributed by atoms with Crippen LogP contribution in [-0.2, 0) is 4.79 Å². The van der Waals surface area contributed by atoms with Crippen LogP contribution in [0.15, 0.2) is 24.3 Å². The summed E-state index contributed by atoms with van der Waals surface area (Å²) in [6.45, 7) is 4.30. The molecule has 0 aliphatic carbocycles. The van der Waals surface area contributed by atoms with Crippen molar-refractivity contribution in [2.45, 2.75) is 38.6 Å². The van der Waals surface area contributed by atoms with Gasteiger partial charge in [0.15, 0.2) is 0 Å². The molecule has 0 spiro atoms. The Labute approximate surface area is 126 Å². The first-order valence-corrected chi connectivity index (χ1v) is 7.81. The van der Waals surface area contributed by atoms with E-state index >= 15 is 0 Å². The maximum absolute atomic E-state index is 12.2. The Morgan fingerprint density at radius 3 is 2.40 bits per heavy atom. The number of benzene rings is 1. The third-order valence-electron chi connectivity index (χ3n) is 3.89. The summed E-state index contributed by atoms with van der Waals surface area (Å²) in [7, 11) is 0. The number of carbonyl (C=O) groups is 1. The van der Waals surface area contributed by atoms with Crippen molar-refractivity contribution in [2.75, 3.05) is 19.6 Å². The predicted octanol–water partition coefficient (Wildman–Crippen LogP) is 3.39. The molecule has 0 saturated carbocycles. The quantitative estimate of drug-likeness (QED) is 0.923. The number of likely N-dealkylation sites (tertiary alicyclic amines) is 1. The van der Waals surface area contributed by atoms with E-state index in [1.807, 2.05) is 29.2 Å². The fourth-order valence-corrected chi connectivity index (χ4v) is 2.67. The molecule has 0 aromatic heterocycles. The molecule has 20 heavy (non-hydrogen) atoms. The number of hydrogen-bond donors (Lipinski definition) is 1. The average molecular weight is 295 g/mol. The third-order valence-corrected chi connectivity index (χ3v) is 4.14. The maximum atomic E-state index is 12.2. The monoisotopic (exact) mass is 294 g/mol. The van der Waals surface area contributed by atoms with Crippen molar-refractivity contribution in [3.63, 3.8) is 0 Å². The first kappa shape index (κ1) is 15.3. The van der Waals surface area contributed by atoms with Gasteiger partial charge in [0, 0.05) is 24.2 Å². The number of carbonyl (C=O) groups excluding carboxylic acids is 1. The molecule has 1 aromatic rings. The Balaban J connectivity index is 1.81. The van der Waals surface area contributed by atoms with Gasteiger partial charge in [-0.1, -0.05) is 36.6 Å². The van der Waals surface area contributed by atoms with Gasteiger partial charge in [0.2, 0.25) is 5.91 Å². The highest BCUT2D eigenvalue weighted by molar-refractivity contribution is 6.30. The Morgan fingerprint density at radius 1 is 1.20 bits per heavy atom. The number of amides is 1. The number of hydrogen-bond acceptors (Lipinski definition) is 2. The van der Waals surface area contributed by atoms with E-state index in [9.17, 15) is 4.79 Å². The molecule has 0 radical (unpaired) electrons. The first-order chi connectivity index (χ1) is 9.66. The molecule has 3 nitrogen and oxygen atoms in total. The van der Waals surface area contributed by atoms with Gasteiger partial charge in [-0.2, -0.15) is 0 Å². The van der Waals surface area contributed by atoms with Gasteiger partial charge in [0.05, 0.1) is 6.54 Å². The highest BCUT2D eigenvalue weighted by Crippen LogP contribution is 2.16. The molecule has 1 amide bonds. The fraction of sp³-hybridized carbons (Fsp3) is 0.562. The molecule has 1 atom stereocenters. The summed E-state index contributed by atoms with van der Waals surface area (Å²) in [5, 5.41) is 4.04. The van der Waals surface area contributed by atoms with Gasteiger partial charge in [0.25, 0.3) is 0 Å². The molecule has 1 heterocycles. The van der Waals surface area contributed by atoms with Crippen molar-refractivity contribution in [1.29, 1.82) is 0 Å². The van der Waals surface area contributed by atoms with Crippen molar-refractivity contribution >= 4 is 17.5 Å². The lowest BCUT2D eigenvalue weighted by Gasteiger charge is -2.22. The summed E-state index contributed by atoms with van der Waals surface area (Å²) in [4.78, 5) is 14.2. The molecule has 1 unspecified atom stereocenters. The molecule has 110 valence electrons. The molecular formula is C16H23ClN2O. The van der Waals surface area contributed by atoms with Crippen LogP contribution < -0.4 is 5.32 Å². The van der Waals surface area contributed by atoms with Crippen LogP contribution in [0, 0.1) is 0 Å². The topological polar surface area (TPSA) is 32.3 Å². The summed E-state index contributed by atoms with van der Waals surface area (Å²) in [5.74, 6) is 0.215. The molecule has 1 saturated heterocycles. The lowest BCUT2D eigenvalue weighted by Crippen LogP contribution is -2.39. The minimum absolute atomic E-state index is 0.156. The van der Waals surface area contributed by atoms with Gasteiger partial charge in [-0.3, -0.25) is 4.79 Å². The second kappa shape index (κ2) is 7.65. The van der Waals surface area contributed by atoms with E-state index in [4.69, 9.17) is 11.6 Å². The Kier molecular flexibility index (Phi) is 5.86. The number of rotatable bonds is 4. The summed E-state index contributed by atoms with van der Waals surface area (Å²) < 4.78 is 0. The van der Waals surface area contributed by atoms with Crippen molar-refractivity contribution < 1.29 is 4.79 Å². The van der Waals surface area contributed by atoms with Gasteiger partial charge < -0.3 is 10.2 Å². The van der Waals surface area contributed by atoms with Crippen LogP contribution in [0.25, 0.3) is 0 Å². The normalized spacial score (nSPS) is 17.6. The van der Waals surface area contributed by atoms with Crippen LogP contribution in [0.2, 0.25) is 5.02 Å². The summed E-state index contributed by atoms with van der Waals surface area (Å²) >= 11 is 5.88. The van der Waals surface area contributed by atoms with Gasteiger partial charge in [-0.25, -0.2) is 0 Å². The van der Waals surface area contributed by atoms with Crippen LogP contribution >= 0.6 is 11.6 Å². The van der Waals surface area contributed by atoms with E-state index < -0.39 is 0 Å². The lowest BCUT2D eigenvalue weighted by atomic mass is 10.1. The third kappa shape index (κ3) is 4.50. The van der Waals surface area contributed by atoms with Gasteiger partial charge in [0.1, 0.15) is 0 Å². The molecular weight excluding hydrogens is 272 g/mol. The molecule has 0 bridgehead atoms. The van der Waals surface area contributed by atoms with Crippen molar-refractivity contribution in [3.05, 3.63) is 34.9 Å². The summed E-state index contributed by atoms with van der Waals surface area (Å²) in [5.41, 5.74) is 1.15. The SMILES string of the molecule is CC(NCC(=O)N1CCCCCC1)c1ccc(Cl)cc1. The Hall–Kier alpha value is -1.06. The molecule has 2 rings (SSSR count). The van der Waals surface area contributed by atoms with E-state index in [-0.39, 0.29) is 11.9 Å². The number of halogens is 1. The van der Waals surface area contributed by atoms with Crippen molar-refractivity contribution in [2.24, 2.45) is 0 Å². The van der Waals surface area contributed by atoms with Gasteiger partial charge >= 0.3 is 0 Å². The zero-order chi connectivity index (χ0) is 14.4. The van der Waals surface area contributed by atoms with E-state index in [0.717, 1.165) is 36.5 Å². The molecule has 1 aliphatic rings. The summed E-state index contributed by atoms with van der Waals surface area (Å²) in [6, 6.07) is 7.91. The second-order valence-electron chi connectivity index (χ2n) is 5.45. The number of nitrogens with one attached hydrogen (secondary N) is 1. The highest BCUT2D eigenvalue weighted by Gasteiger charge is 2.16. The number of nitrogens with zero attached hydrogens (tertiary/aromatic N) is 1. The van der Waals surface area contributed by atoms with Crippen LogP contribution in [0.5, 0.6) is 0 Å². The zero-order valence-electron chi connectivity index (χ0n) is 12.1. The maximum Gasteiger partial charge on any atom is 0.236 e. The first-order valence-electron chi connectivity index (χ1n) is 7.43. The van der Waals surface area contributed by atoms with E-state index in [0.29, 0.717) is 6.54 Å². The molecule has 1 aromatic carbocycles. The van der Waals surface area contributed by atoms with Crippen LogP contribution in [0.4, 0.5) is 0 Å². The van der Waals surface area contributed by atoms with Crippen molar-refractivity contribution in [1.82, 2.24) is 10.2 Å². The average Bonchev–Trinajstić information content (AvgIpc) is 2.74. The molecule has 1 aliphatic heterocycles. The smallest absolute Gasteiger partial charge is 0.236 e. The second-order valence-corrected chi connectivity index (χ2v) is 5.89. The van der Waals surface area contributed by atoms with E-state index in [1.54, 1.807) is 0 Å². The zero-order valence-corrected chi connectivity index (χ0v) is 12.8. The molecule has 1 fully saturated rings. The largest absolute Gasteiger partial charge is 0.342 e. The minimum atomic E-state index is 0.156. The van der Waals surface area contributed by atoms with Crippen LogP contribution in [0.1, 0.15) is 44.2 Å². The van der Waals surface area contributed by atoms with E-state index in [2.05, 4.69) is 12.2 Å². The fourth-order valence-electron chi connectivity index (χ4n) is 2.54.